The predicted octanol–water partition coefficient (Wildman–Crippen LogP) is -0.595. The van der Waals surface area contributed by atoms with Crippen LogP contribution >= 0.6 is 0 Å². The van der Waals surface area contributed by atoms with Crippen molar-refractivity contribution in [1.29, 1.82) is 0 Å². The third-order valence-corrected chi connectivity index (χ3v) is 2.29. The SMILES string of the molecule is C[C@@H]1C[C@@H](N(C)C)[C@@H](O)[C@H](O)O1. The normalized spacial score (nSPS) is 43.5. The summed E-state index contributed by atoms with van der Waals surface area (Å²) in [5.41, 5.74) is 0. The topological polar surface area (TPSA) is 52.9 Å². The van der Waals surface area contributed by atoms with Crippen molar-refractivity contribution in [2.45, 2.75) is 37.9 Å². The average Bonchev–Trinajstić information content (AvgIpc) is 1.96. The zero-order valence-electron chi connectivity index (χ0n) is 7.77. The molecular formula is C8H17NO3. The predicted molar refractivity (Wildman–Crippen MR) is 44.7 cm³/mol. The molecular weight excluding hydrogens is 158 g/mol. The monoisotopic (exact) mass is 175 g/mol. The molecule has 4 heteroatoms. The summed E-state index contributed by atoms with van der Waals surface area (Å²) in [7, 11) is 3.78. The third-order valence-electron chi connectivity index (χ3n) is 2.29. The van der Waals surface area contributed by atoms with Crippen molar-refractivity contribution in [3.63, 3.8) is 0 Å². The summed E-state index contributed by atoms with van der Waals surface area (Å²) in [6.07, 6.45) is -1.07. The molecule has 2 N–H and O–H groups in total. The molecule has 72 valence electrons. The van der Waals surface area contributed by atoms with Crippen molar-refractivity contribution in [1.82, 2.24) is 4.90 Å². The lowest BCUT2D eigenvalue weighted by Crippen LogP contribution is -2.53. The number of aliphatic hydroxyl groups is 2. The van der Waals surface area contributed by atoms with Gasteiger partial charge in [0.15, 0.2) is 6.29 Å². The Bertz CT molecular complexity index is 151. The second kappa shape index (κ2) is 3.70. The molecule has 4 atom stereocenters. The van der Waals surface area contributed by atoms with Crippen molar-refractivity contribution in [2.75, 3.05) is 14.1 Å². The van der Waals surface area contributed by atoms with Gasteiger partial charge in [-0.3, -0.25) is 0 Å². The molecule has 1 aliphatic rings. The number of nitrogens with zero attached hydrogens (tertiary/aromatic N) is 1. The second-order valence-corrected chi connectivity index (χ2v) is 3.59. The molecule has 1 fully saturated rings. The van der Waals surface area contributed by atoms with Crippen LogP contribution < -0.4 is 0 Å². The van der Waals surface area contributed by atoms with Crippen molar-refractivity contribution in [3.8, 4) is 0 Å². The maximum absolute atomic E-state index is 9.51. The van der Waals surface area contributed by atoms with Crippen LogP contribution in [0.2, 0.25) is 0 Å². The van der Waals surface area contributed by atoms with Gasteiger partial charge in [0, 0.05) is 6.04 Å². The Morgan fingerprint density at radius 1 is 1.33 bits per heavy atom. The molecule has 0 aromatic heterocycles. The highest BCUT2D eigenvalue weighted by Crippen LogP contribution is 2.21. The Balaban J connectivity index is 2.60. The van der Waals surface area contributed by atoms with Gasteiger partial charge in [-0.05, 0) is 27.4 Å². The molecule has 0 spiro atoms. The second-order valence-electron chi connectivity index (χ2n) is 3.59. The smallest absolute Gasteiger partial charge is 0.182 e. The van der Waals surface area contributed by atoms with E-state index in [1.54, 1.807) is 0 Å². The fourth-order valence-corrected chi connectivity index (χ4v) is 1.56. The van der Waals surface area contributed by atoms with Crippen LogP contribution in [0.15, 0.2) is 0 Å². The zero-order chi connectivity index (χ0) is 9.30. The van der Waals surface area contributed by atoms with E-state index in [0.29, 0.717) is 0 Å². The van der Waals surface area contributed by atoms with E-state index in [1.807, 2.05) is 25.9 Å². The standard InChI is InChI=1S/C8H17NO3/c1-5-4-6(9(2)3)7(10)8(11)12-5/h5-8,10-11H,4H2,1-3H3/t5-,6-,7-,8-/m1/s1. The molecule has 0 unspecified atom stereocenters. The minimum Gasteiger partial charge on any atom is -0.386 e. The van der Waals surface area contributed by atoms with Gasteiger partial charge in [-0.2, -0.15) is 0 Å². The summed E-state index contributed by atoms with van der Waals surface area (Å²) < 4.78 is 5.06. The molecule has 1 rings (SSSR count). The summed E-state index contributed by atoms with van der Waals surface area (Å²) >= 11 is 0. The number of hydrogen-bond donors (Lipinski definition) is 2. The van der Waals surface area contributed by atoms with Crippen LogP contribution in [-0.4, -0.2) is 53.7 Å². The van der Waals surface area contributed by atoms with Crippen LogP contribution in [0.4, 0.5) is 0 Å². The maximum atomic E-state index is 9.51. The van der Waals surface area contributed by atoms with Crippen LogP contribution in [0.3, 0.4) is 0 Å². The van der Waals surface area contributed by atoms with Crippen molar-refractivity contribution < 1.29 is 14.9 Å². The first-order valence-electron chi connectivity index (χ1n) is 4.20. The number of hydrogen-bond acceptors (Lipinski definition) is 4. The molecule has 1 aliphatic heterocycles. The Hall–Kier alpha value is -0.160. The minimum atomic E-state index is -1.04. The van der Waals surface area contributed by atoms with Crippen LogP contribution in [-0.2, 0) is 4.74 Å². The van der Waals surface area contributed by atoms with E-state index < -0.39 is 12.4 Å². The first-order chi connectivity index (χ1) is 5.52. The van der Waals surface area contributed by atoms with Crippen molar-refractivity contribution in [3.05, 3.63) is 0 Å². The molecule has 0 aliphatic carbocycles. The maximum Gasteiger partial charge on any atom is 0.182 e. The lowest BCUT2D eigenvalue weighted by Gasteiger charge is -2.38. The molecule has 1 saturated heterocycles. The Kier molecular flexibility index (Phi) is 3.06. The average molecular weight is 175 g/mol. The van der Waals surface area contributed by atoms with Gasteiger partial charge in [-0.25, -0.2) is 0 Å². The Labute approximate surface area is 72.7 Å². The molecule has 4 nitrogen and oxygen atoms in total. The van der Waals surface area contributed by atoms with E-state index in [4.69, 9.17) is 4.74 Å². The van der Waals surface area contributed by atoms with Gasteiger partial charge < -0.3 is 19.8 Å². The summed E-state index contributed by atoms with van der Waals surface area (Å²) in [5, 5.41) is 18.8. The van der Waals surface area contributed by atoms with Gasteiger partial charge in [0.05, 0.1) is 6.10 Å². The van der Waals surface area contributed by atoms with Crippen LogP contribution in [0.25, 0.3) is 0 Å². The highest BCUT2D eigenvalue weighted by atomic mass is 16.6. The van der Waals surface area contributed by atoms with Gasteiger partial charge in [-0.1, -0.05) is 0 Å². The fourth-order valence-electron chi connectivity index (χ4n) is 1.56. The van der Waals surface area contributed by atoms with Gasteiger partial charge >= 0.3 is 0 Å². The van der Waals surface area contributed by atoms with E-state index >= 15 is 0 Å². The van der Waals surface area contributed by atoms with Crippen molar-refractivity contribution in [2.24, 2.45) is 0 Å². The van der Waals surface area contributed by atoms with Gasteiger partial charge in [0.25, 0.3) is 0 Å². The molecule has 0 saturated carbocycles. The number of aliphatic hydroxyl groups excluding tert-OH is 2. The first kappa shape index (κ1) is 9.92. The van der Waals surface area contributed by atoms with Crippen LogP contribution in [0.1, 0.15) is 13.3 Å². The molecule has 12 heavy (non-hydrogen) atoms. The van der Waals surface area contributed by atoms with Crippen molar-refractivity contribution >= 4 is 0 Å². The quantitative estimate of drug-likeness (QED) is 0.559. The highest BCUT2D eigenvalue weighted by Gasteiger charge is 2.35. The highest BCUT2D eigenvalue weighted by molar-refractivity contribution is 4.84. The summed E-state index contributed by atoms with van der Waals surface area (Å²) in [4.78, 5) is 1.91. The number of likely N-dealkylation sites (N-methyl/N-ethyl adjacent to an activating group) is 1. The lowest BCUT2D eigenvalue weighted by molar-refractivity contribution is -0.230. The third kappa shape index (κ3) is 1.95. The van der Waals surface area contributed by atoms with Gasteiger partial charge in [-0.15, -0.1) is 0 Å². The largest absolute Gasteiger partial charge is 0.386 e. The van der Waals surface area contributed by atoms with E-state index in [9.17, 15) is 10.2 Å². The van der Waals surface area contributed by atoms with Gasteiger partial charge in [0.2, 0.25) is 0 Å². The molecule has 1 heterocycles. The molecule has 0 bridgehead atoms. The summed E-state index contributed by atoms with van der Waals surface area (Å²) in [5.74, 6) is 0. The zero-order valence-corrected chi connectivity index (χ0v) is 7.77. The van der Waals surface area contributed by atoms with E-state index in [0.717, 1.165) is 6.42 Å². The molecule has 0 aromatic rings. The lowest BCUT2D eigenvalue weighted by atomic mass is 9.99. The molecule has 0 amide bonds. The van der Waals surface area contributed by atoms with Crippen LogP contribution in [0, 0.1) is 0 Å². The van der Waals surface area contributed by atoms with Gasteiger partial charge in [0.1, 0.15) is 6.10 Å². The Morgan fingerprint density at radius 3 is 2.42 bits per heavy atom. The summed E-state index contributed by atoms with van der Waals surface area (Å²) in [6, 6.07) is -0.0104. The number of ether oxygens (including phenoxy) is 1. The summed E-state index contributed by atoms with van der Waals surface area (Å²) in [6.45, 7) is 1.89. The van der Waals surface area contributed by atoms with E-state index in [1.165, 1.54) is 0 Å². The van der Waals surface area contributed by atoms with E-state index in [2.05, 4.69) is 0 Å². The minimum absolute atomic E-state index is 0.01000. The molecule has 0 aromatic carbocycles. The Morgan fingerprint density at radius 2 is 1.92 bits per heavy atom. The van der Waals surface area contributed by atoms with E-state index in [-0.39, 0.29) is 12.1 Å². The number of rotatable bonds is 1. The fraction of sp³-hybridized carbons (Fsp3) is 1.00. The van der Waals surface area contributed by atoms with Crippen LogP contribution in [0.5, 0.6) is 0 Å². The first-order valence-corrected chi connectivity index (χ1v) is 4.20. The molecule has 0 radical (unpaired) electrons.